The first kappa shape index (κ1) is 12.8. The monoisotopic (exact) mass is 233 g/mol. The number of nitrogens with two attached hydrogens (primary N) is 1. The van der Waals surface area contributed by atoms with Crippen LogP contribution in [-0.4, -0.2) is 12.7 Å². The lowest BCUT2D eigenvalue weighted by Crippen LogP contribution is -2.22. The number of hydrogen-bond donors (Lipinski definition) is 1. The zero-order valence-electron chi connectivity index (χ0n) is 8.92. The van der Waals surface area contributed by atoms with Gasteiger partial charge in [-0.25, -0.2) is 4.39 Å². The predicted molar refractivity (Wildman–Crippen MR) is 55.0 cm³/mol. The summed E-state index contributed by atoms with van der Waals surface area (Å²) < 4.78 is 41.6. The van der Waals surface area contributed by atoms with Crippen molar-refractivity contribution in [3.8, 4) is 5.75 Å². The Morgan fingerprint density at radius 2 is 2.06 bits per heavy atom. The van der Waals surface area contributed by atoms with Gasteiger partial charge in [-0.2, -0.15) is 8.78 Å². The Bertz CT molecular complexity index is 344. The summed E-state index contributed by atoms with van der Waals surface area (Å²) in [6.45, 7) is -1.16. The summed E-state index contributed by atoms with van der Waals surface area (Å²) in [6, 6.07) is 3.88. The van der Waals surface area contributed by atoms with E-state index < -0.39 is 18.2 Å². The average molecular weight is 233 g/mol. The van der Waals surface area contributed by atoms with Gasteiger partial charge in [0.1, 0.15) is 0 Å². The molecule has 2 nitrogen and oxygen atoms in total. The minimum Gasteiger partial charge on any atom is -0.431 e. The molecular weight excluding hydrogens is 219 g/mol. The van der Waals surface area contributed by atoms with Crippen LogP contribution in [0.5, 0.6) is 5.75 Å². The molecule has 90 valence electrons. The van der Waals surface area contributed by atoms with Crippen molar-refractivity contribution in [3.05, 3.63) is 29.6 Å². The Hall–Kier alpha value is -1.23. The molecule has 0 amide bonds. The lowest BCUT2D eigenvalue weighted by Gasteiger charge is -2.14. The highest BCUT2D eigenvalue weighted by atomic mass is 19.3. The van der Waals surface area contributed by atoms with E-state index in [9.17, 15) is 13.2 Å². The fourth-order valence-electron chi connectivity index (χ4n) is 1.36. The van der Waals surface area contributed by atoms with Gasteiger partial charge in [-0.3, -0.25) is 0 Å². The van der Waals surface area contributed by atoms with Crippen molar-refractivity contribution in [1.82, 2.24) is 0 Å². The highest BCUT2D eigenvalue weighted by Crippen LogP contribution is 2.25. The number of hydrogen-bond acceptors (Lipinski definition) is 2. The quantitative estimate of drug-likeness (QED) is 0.848. The van der Waals surface area contributed by atoms with Crippen LogP contribution in [0.2, 0.25) is 0 Å². The summed E-state index contributed by atoms with van der Waals surface area (Å²) >= 11 is 0. The van der Waals surface area contributed by atoms with Gasteiger partial charge in [-0.1, -0.05) is 19.1 Å². The Balaban J connectivity index is 2.93. The van der Waals surface area contributed by atoms with Crippen molar-refractivity contribution in [3.63, 3.8) is 0 Å². The molecule has 0 aliphatic carbocycles. The summed E-state index contributed by atoms with van der Waals surface area (Å²) in [5.41, 5.74) is 6.06. The number of rotatable bonds is 5. The van der Waals surface area contributed by atoms with E-state index >= 15 is 0 Å². The first-order valence-corrected chi connectivity index (χ1v) is 5.02. The largest absolute Gasteiger partial charge is 0.431 e. The molecular formula is C11H14F3NO. The van der Waals surface area contributed by atoms with Crippen LogP contribution in [0.4, 0.5) is 13.2 Å². The number of benzene rings is 1. The van der Waals surface area contributed by atoms with Crippen LogP contribution in [0.3, 0.4) is 0 Å². The van der Waals surface area contributed by atoms with Gasteiger partial charge in [0.2, 0.25) is 0 Å². The van der Waals surface area contributed by atoms with E-state index in [0.717, 1.165) is 6.07 Å². The highest BCUT2D eigenvalue weighted by molar-refractivity contribution is 5.35. The molecule has 0 aliphatic heterocycles. The molecule has 0 heterocycles. The Labute approximate surface area is 92.2 Å². The van der Waals surface area contributed by atoms with Gasteiger partial charge in [-0.05, 0) is 24.5 Å². The SMILES string of the molecule is CCC(N)Cc1cccc(F)c1OC(F)F. The lowest BCUT2D eigenvalue weighted by molar-refractivity contribution is -0.0528. The van der Waals surface area contributed by atoms with Gasteiger partial charge >= 0.3 is 6.61 Å². The van der Waals surface area contributed by atoms with Crippen LogP contribution in [-0.2, 0) is 6.42 Å². The standard InChI is InChI=1S/C11H14F3NO/c1-2-8(15)6-7-4-3-5-9(12)10(7)16-11(13)14/h3-5,8,11H,2,6,15H2,1H3. The summed E-state index contributed by atoms with van der Waals surface area (Å²) in [4.78, 5) is 0. The van der Waals surface area contributed by atoms with E-state index in [1.54, 1.807) is 0 Å². The van der Waals surface area contributed by atoms with Gasteiger partial charge in [0.25, 0.3) is 0 Å². The van der Waals surface area contributed by atoms with Crippen LogP contribution >= 0.6 is 0 Å². The van der Waals surface area contributed by atoms with E-state index in [-0.39, 0.29) is 6.04 Å². The van der Waals surface area contributed by atoms with Crippen LogP contribution in [0.25, 0.3) is 0 Å². The molecule has 0 saturated carbocycles. The maximum Gasteiger partial charge on any atom is 0.387 e. The zero-order chi connectivity index (χ0) is 12.1. The molecule has 5 heteroatoms. The molecule has 0 aliphatic rings. The highest BCUT2D eigenvalue weighted by Gasteiger charge is 2.15. The fraction of sp³-hybridized carbons (Fsp3) is 0.455. The van der Waals surface area contributed by atoms with E-state index in [1.165, 1.54) is 12.1 Å². The van der Waals surface area contributed by atoms with Gasteiger partial charge in [-0.15, -0.1) is 0 Å². The van der Waals surface area contributed by atoms with E-state index in [0.29, 0.717) is 18.4 Å². The Morgan fingerprint density at radius 1 is 1.38 bits per heavy atom. The second kappa shape index (κ2) is 5.75. The minimum atomic E-state index is -3.03. The summed E-state index contributed by atoms with van der Waals surface area (Å²) in [7, 11) is 0. The number of ether oxygens (including phenoxy) is 1. The topological polar surface area (TPSA) is 35.2 Å². The third-order valence-corrected chi connectivity index (χ3v) is 2.26. The van der Waals surface area contributed by atoms with Crippen LogP contribution in [0, 0.1) is 5.82 Å². The normalized spacial score (nSPS) is 12.9. The molecule has 0 radical (unpaired) electrons. The maximum atomic E-state index is 13.3. The molecule has 0 aromatic heterocycles. The second-order valence-electron chi connectivity index (χ2n) is 3.48. The zero-order valence-corrected chi connectivity index (χ0v) is 8.92. The third-order valence-electron chi connectivity index (χ3n) is 2.26. The van der Waals surface area contributed by atoms with Crippen molar-refractivity contribution in [2.45, 2.75) is 32.4 Å². The van der Waals surface area contributed by atoms with Crippen molar-refractivity contribution in [1.29, 1.82) is 0 Å². The van der Waals surface area contributed by atoms with Crippen LogP contribution in [0.1, 0.15) is 18.9 Å². The maximum absolute atomic E-state index is 13.3. The Kier molecular flexibility index (Phi) is 4.61. The first-order valence-electron chi connectivity index (χ1n) is 5.02. The Morgan fingerprint density at radius 3 is 2.62 bits per heavy atom. The van der Waals surface area contributed by atoms with Gasteiger partial charge in [0, 0.05) is 6.04 Å². The van der Waals surface area contributed by atoms with Crippen LogP contribution < -0.4 is 10.5 Å². The first-order chi connectivity index (χ1) is 7.54. The number of para-hydroxylation sites is 1. The molecule has 0 bridgehead atoms. The molecule has 0 saturated heterocycles. The number of alkyl halides is 2. The van der Waals surface area contributed by atoms with Gasteiger partial charge in [0.15, 0.2) is 11.6 Å². The molecule has 0 fully saturated rings. The van der Waals surface area contributed by atoms with Crippen molar-refractivity contribution >= 4 is 0 Å². The molecule has 1 unspecified atom stereocenters. The number of halogens is 3. The van der Waals surface area contributed by atoms with Crippen molar-refractivity contribution in [2.75, 3.05) is 0 Å². The molecule has 16 heavy (non-hydrogen) atoms. The third kappa shape index (κ3) is 3.41. The second-order valence-corrected chi connectivity index (χ2v) is 3.48. The van der Waals surface area contributed by atoms with Gasteiger partial charge in [0.05, 0.1) is 0 Å². The van der Waals surface area contributed by atoms with Crippen molar-refractivity contribution < 1.29 is 17.9 Å². The summed E-state index contributed by atoms with van der Waals surface area (Å²) in [6.07, 6.45) is 1.00. The van der Waals surface area contributed by atoms with Crippen LogP contribution in [0.15, 0.2) is 18.2 Å². The molecule has 1 aromatic rings. The molecule has 2 N–H and O–H groups in total. The van der Waals surface area contributed by atoms with E-state index in [4.69, 9.17) is 5.73 Å². The van der Waals surface area contributed by atoms with E-state index in [1.807, 2.05) is 6.92 Å². The van der Waals surface area contributed by atoms with Crippen molar-refractivity contribution in [2.24, 2.45) is 5.73 Å². The molecule has 1 atom stereocenters. The minimum absolute atomic E-state index is 0.193. The average Bonchev–Trinajstić information content (AvgIpc) is 2.22. The molecule has 1 rings (SSSR count). The summed E-state index contributed by atoms with van der Waals surface area (Å²) in [5.74, 6) is -1.19. The smallest absolute Gasteiger partial charge is 0.387 e. The molecule has 1 aromatic carbocycles. The molecule has 0 spiro atoms. The summed E-state index contributed by atoms with van der Waals surface area (Å²) in [5, 5.41) is 0. The predicted octanol–water partition coefficient (Wildman–Crippen LogP) is 2.71. The van der Waals surface area contributed by atoms with E-state index in [2.05, 4.69) is 4.74 Å². The van der Waals surface area contributed by atoms with Gasteiger partial charge < -0.3 is 10.5 Å². The fourth-order valence-corrected chi connectivity index (χ4v) is 1.36. The lowest BCUT2D eigenvalue weighted by atomic mass is 10.0.